The number of rotatable bonds is 4. The topological polar surface area (TPSA) is 75.7 Å². The maximum atomic E-state index is 12.0. The van der Waals surface area contributed by atoms with E-state index in [-0.39, 0.29) is 5.75 Å². The first-order chi connectivity index (χ1) is 8.12. The van der Waals surface area contributed by atoms with Crippen LogP contribution in [0.1, 0.15) is 5.82 Å². The molecule has 0 radical (unpaired) electrons. The average molecular weight is 269 g/mol. The van der Waals surface area contributed by atoms with E-state index in [9.17, 15) is 8.42 Å². The third-order valence-electron chi connectivity index (χ3n) is 2.12. The van der Waals surface area contributed by atoms with Crippen molar-refractivity contribution >= 4 is 21.6 Å². The van der Waals surface area contributed by atoms with Gasteiger partial charge >= 0.3 is 0 Å². The molecule has 1 N–H and O–H groups in total. The molecule has 0 fully saturated rings. The van der Waals surface area contributed by atoms with Gasteiger partial charge in [0, 0.05) is 0 Å². The maximum Gasteiger partial charge on any atom is 0.208 e. The highest BCUT2D eigenvalue weighted by Crippen LogP contribution is 2.15. The van der Waals surface area contributed by atoms with Crippen LogP contribution in [0.5, 0.6) is 0 Å². The summed E-state index contributed by atoms with van der Waals surface area (Å²) in [6.07, 6.45) is 1.83. The van der Waals surface area contributed by atoms with Crippen LogP contribution in [-0.2, 0) is 15.6 Å². The summed E-state index contributed by atoms with van der Waals surface area (Å²) in [6, 6.07) is 8.31. The number of aromatic nitrogens is 3. The van der Waals surface area contributed by atoms with E-state index in [1.165, 1.54) is 11.8 Å². The van der Waals surface area contributed by atoms with E-state index >= 15 is 0 Å². The summed E-state index contributed by atoms with van der Waals surface area (Å²) in [5.74, 6) is 0.197. The van der Waals surface area contributed by atoms with Gasteiger partial charge in [-0.05, 0) is 18.4 Å². The molecule has 0 saturated heterocycles. The Labute approximate surface area is 104 Å². The monoisotopic (exact) mass is 269 g/mol. The van der Waals surface area contributed by atoms with Crippen molar-refractivity contribution in [3.63, 3.8) is 0 Å². The van der Waals surface area contributed by atoms with Crippen LogP contribution in [-0.4, -0.2) is 29.9 Å². The Morgan fingerprint density at radius 1 is 1.29 bits per heavy atom. The Morgan fingerprint density at radius 3 is 2.59 bits per heavy atom. The number of thioether (sulfide) groups is 1. The number of aromatic amines is 1. The Balaban J connectivity index is 2.24. The molecule has 0 atom stereocenters. The summed E-state index contributed by atoms with van der Waals surface area (Å²) in [7, 11) is -3.35. The molecule has 0 amide bonds. The number of hydrogen-bond acceptors (Lipinski definition) is 5. The van der Waals surface area contributed by atoms with Crippen LogP contribution < -0.4 is 0 Å². The molecule has 90 valence electrons. The second kappa shape index (κ2) is 4.89. The zero-order valence-electron chi connectivity index (χ0n) is 9.12. The predicted octanol–water partition coefficient (Wildman–Crippen LogP) is 1.50. The van der Waals surface area contributed by atoms with Crippen molar-refractivity contribution in [1.29, 1.82) is 0 Å². The molecule has 5 nitrogen and oxygen atoms in total. The summed E-state index contributed by atoms with van der Waals surface area (Å²) in [6.45, 7) is 0. The van der Waals surface area contributed by atoms with Crippen molar-refractivity contribution in [2.75, 3.05) is 6.26 Å². The molecule has 2 aromatic rings. The van der Waals surface area contributed by atoms with Crippen molar-refractivity contribution < 1.29 is 8.42 Å². The van der Waals surface area contributed by atoms with Gasteiger partial charge in [-0.2, -0.15) is 0 Å². The lowest BCUT2D eigenvalue weighted by Gasteiger charge is -2.00. The lowest BCUT2D eigenvalue weighted by molar-refractivity contribution is 0.594. The van der Waals surface area contributed by atoms with Crippen LogP contribution >= 0.6 is 11.8 Å². The van der Waals surface area contributed by atoms with Gasteiger partial charge in [0.1, 0.15) is 11.6 Å². The van der Waals surface area contributed by atoms with Crippen molar-refractivity contribution in [1.82, 2.24) is 15.2 Å². The molecule has 0 spiro atoms. The quantitative estimate of drug-likeness (QED) is 0.851. The molecule has 17 heavy (non-hydrogen) atoms. The van der Waals surface area contributed by atoms with Crippen LogP contribution in [0.4, 0.5) is 0 Å². The second-order valence-electron chi connectivity index (χ2n) is 3.34. The summed E-state index contributed by atoms with van der Waals surface area (Å²) >= 11 is 1.36. The highest BCUT2D eigenvalue weighted by molar-refractivity contribution is 7.98. The molecule has 2 rings (SSSR count). The molecule has 7 heteroatoms. The highest BCUT2D eigenvalue weighted by atomic mass is 32.2. The summed E-state index contributed by atoms with van der Waals surface area (Å²) < 4.78 is 24.0. The number of H-pyrrole nitrogens is 1. The first kappa shape index (κ1) is 12.1. The number of hydrogen-bond donors (Lipinski definition) is 1. The molecule has 0 saturated carbocycles. The maximum absolute atomic E-state index is 12.0. The van der Waals surface area contributed by atoms with Gasteiger partial charge in [0.05, 0.1) is 4.90 Å². The number of benzene rings is 1. The van der Waals surface area contributed by atoms with Crippen LogP contribution in [0.25, 0.3) is 0 Å². The lowest BCUT2D eigenvalue weighted by Crippen LogP contribution is -2.06. The van der Waals surface area contributed by atoms with Gasteiger partial charge in [-0.25, -0.2) is 13.4 Å². The van der Waals surface area contributed by atoms with Crippen molar-refractivity contribution in [3.05, 3.63) is 36.2 Å². The van der Waals surface area contributed by atoms with E-state index in [0.717, 1.165) is 0 Å². The van der Waals surface area contributed by atoms with Crippen molar-refractivity contribution in [3.8, 4) is 0 Å². The van der Waals surface area contributed by atoms with Gasteiger partial charge in [0.2, 0.25) is 5.16 Å². The SMILES string of the molecule is CSc1n[nH]c(CS(=O)(=O)c2ccccc2)n1. The highest BCUT2D eigenvalue weighted by Gasteiger charge is 2.17. The first-order valence-electron chi connectivity index (χ1n) is 4.85. The van der Waals surface area contributed by atoms with Gasteiger partial charge in [0.25, 0.3) is 0 Å². The van der Waals surface area contributed by atoms with Crippen molar-refractivity contribution in [2.24, 2.45) is 0 Å². The molecular formula is C10H11N3O2S2. The lowest BCUT2D eigenvalue weighted by atomic mass is 10.4. The van der Waals surface area contributed by atoms with E-state index < -0.39 is 9.84 Å². The summed E-state index contributed by atoms with van der Waals surface area (Å²) in [5, 5.41) is 7.04. The smallest absolute Gasteiger partial charge is 0.208 e. The molecule has 0 aliphatic rings. The third kappa shape index (κ3) is 2.86. The number of nitrogens with one attached hydrogen (secondary N) is 1. The molecule has 1 aromatic carbocycles. The molecule has 0 unspecified atom stereocenters. The molecular weight excluding hydrogens is 258 g/mol. The van der Waals surface area contributed by atoms with E-state index in [2.05, 4.69) is 15.2 Å². The molecule has 1 heterocycles. The fraction of sp³-hybridized carbons (Fsp3) is 0.200. The fourth-order valence-electron chi connectivity index (χ4n) is 1.32. The molecule has 0 aliphatic carbocycles. The molecule has 1 aromatic heterocycles. The normalized spacial score (nSPS) is 11.6. The van der Waals surface area contributed by atoms with Crippen LogP contribution in [0, 0.1) is 0 Å². The minimum Gasteiger partial charge on any atom is -0.261 e. The first-order valence-corrected chi connectivity index (χ1v) is 7.72. The predicted molar refractivity (Wildman–Crippen MR) is 65.5 cm³/mol. The van der Waals surface area contributed by atoms with Crippen molar-refractivity contribution in [2.45, 2.75) is 15.8 Å². The Bertz CT molecular complexity index is 593. The summed E-state index contributed by atoms with van der Waals surface area (Å²) in [5.41, 5.74) is 0. The largest absolute Gasteiger partial charge is 0.261 e. The Hall–Kier alpha value is -1.34. The van der Waals surface area contributed by atoms with Gasteiger partial charge < -0.3 is 0 Å². The van der Waals surface area contributed by atoms with E-state index in [1.807, 2.05) is 6.26 Å². The van der Waals surface area contributed by atoms with Crippen LogP contribution in [0.2, 0.25) is 0 Å². The zero-order valence-corrected chi connectivity index (χ0v) is 10.8. The minimum atomic E-state index is -3.35. The van der Waals surface area contributed by atoms with Gasteiger partial charge in [-0.3, -0.25) is 5.10 Å². The zero-order chi connectivity index (χ0) is 12.3. The van der Waals surface area contributed by atoms with E-state index in [0.29, 0.717) is 15.9 Å². The van der Waals surface area contributed by atoms with Gasteiger partial charge in [-0.1, -0.05) is 30.0 Å². The third-order valence-corrected chi connectivity index (χ3v) is 4.31. The Kier molecular flexibility index (Phi) is 3.49. The standard InChI is InChI=1S/C10H11N3O2S2/c1-16-10-11-9(12-13-10)7-17(14,15)8-5-3-2-4-6-8/h2-6H,7H2,1H3,(H,11,12,13). The number of sulfone groups is 1. The second-order valence-corrected chi connectivity index (χ2v) is 6.10. The van der Waals surface area contributed by atoms with E-state index in [1.54, 1.807) is 30.3 Å². The van der Waals surface area contributed by atoms with Gasteiger partial charge in [0.15, 0.2) is 9.84 Å². The average Bonchev–Trinajstić information content (AvgIpc) is 2.77. The summed E-state index contributed by atoms with van der Waals surface area (Å²) in [4.78, 5) is 4.35. The number of nitrogens with zero attached hydrogens (tertiary/aromatic N) is 2. The molecule has 0 bridgehead atoms. The van der Waals surface area contributed by atoms with Crippen LogP contribution in [0.3, 0.4) is 0 Å². The van der Waals surface area contributed by atoms with Gasteiger partial charge in [-0.15, -0.1) is 5.10 Å². The minimum absolute atomic E-state index is 0.162. The fourth-order valence-corrected chi connectivity index (χ4v) is 2.89. The van der Waals surface area contributed by atoms with E-state index in [4.69, 9.17) is 0 Å². The van der Waals surface area contributed by atoms with Crippen LogP contribution in [0.15, 0.2) is 40.4 Å². The Morgan fingerprint density at radius 2 is 2.00 bits per heavy atom. The molecule has 0 aliphatic heterocycles.